The zero-order valence-corrected chi connectivity index (χ0v) is 5.81. The number of nitrogens with zero attached hydrogens (tertiary/aromatic N) is 2. The van der Waals surface area contributed by atoms with Gasteiger partial charge in [0.1, 0.15) is 4.88 Å². The zero-order chi connectivity index (χ0) is 6.69. The van der Waals surface area contributed by atoms with Crippen molar-refractivity contribution in [2.45, 2.75) is 13.3 Å². The van der Waals surface area contributed by atoms with Gasteiger partial charge in [0, 0.05) is 6.42 Å². The number of carbonyl (C=O) groups excluding carboxylic acids is 1. The average Bonchev–Trinajstić information content (AvgIpc) is 2.37. The van der Waals surface area contributed by atoms with Crippen LogP contribution in [0.3, 0.4) is 0 Å². The van der Waals surface area contributed by atoms with Gasteiger partial charge in [0.05, 0.1) is 6.20 Å². The van der Waals surface area contributed by atoms with E-state index in [4.69, 9.17) is 0 Å². The van der Waals surface area contributed by atoms with Gasteiger partial charge in [-0.05, 0) is 11.5 Å². The minimum Gasteiger partial charge on any atom is -0.293 e. The molecule has 0 radical (unpaired) electrons. The normalized spacial score (nSPS) is 9.44. The maximum absolute atomic E-state index is 10.8. The third-order valence-corrected chi connectivity index (χ3v) is 1.66. The number of carbonyl (C=O) groups is 1. The Morgan fingerprint density at radius 2 is 2.67 bits per heavy atom. The Hall–Kier alpha value is -0.770. The van der Waals surface area contributed by atoms with Gasteiger partial charge in [-0.25, -0.2) is 0 Å². The number of rotatable bonds is 2. The number of hydrogen-bond acceptors (Lipinski definition) is 4. The van der Waals surface area contributed by atoms with Crippen LogP contribution in [0.4, 0.5) is 0 Å². The molecule has 0 aliphatic heterocycles. The Kier molecular flexibility index (Phi) is 1.89. The summed E-state index contributed by atoms with van der Waals surface area (Å²) in [6.45, 7) is 1.82. The first kappa shape index (κ1) is 6.35. The van der Waals surface area contributed by atoms with Crippen molar-refractivity contribution in [1.29, 1.82) is 0 Å². The van der Waals surface area contributed by atoms with E-state index in [-0.39, 0.29) is 5.78 Å². The Labute approximate surface area is 56.9 Å². The molecule has 48 valence electrons. The van der Waals surface area contributed by atoms with Crippen molar-refractivity contribution in [3.05, 3.63) is 11.1 Å². The number of hydrogen-bond donors (Lipinski definition) is 0. The quantitative estimate of drug-likeness (QED) is 0.581. The Balaban J connectivity index is 2.77. The first-order chi connectivity index (χ1) is 4.34. The van der Waals surface area contributed by atoms with Crippen molar-refractivity contribution in [3.8, 4) is 0 Å². The molecule has 0 saturated carbocycles. The van der Waals surface area contributed by atoms with Crippen molar-refractivity contribution in [2.24, 2.45) is 0 Å². The van der Waals surface area contributed by atoms with Crippen LogP contribution in [0.2, 0.25) is 0 Å². The molecule has 0 unspecified atom stereocenters. The number of aromatic nitrogens is 2. The van der Waals surface area contributed by atoms with Crippen LogP contribution in [0.15, 0.2) is 6.20 Å². The summed E-state index contributed by atoms with van der Waals surface area (Å²) >= 11 is 1.14. The van der Waals surface area contributed by atoms with Crippen LogP contribution in [-0.2, 0) is 0 Å². The summed E-state index contributed by atoms with van der Waals surface area (Å²) in [6.07, 6.45) is 2.03. The molecule has 1 aromatic rings. The Bertz CT molecular complexity index is 195. The fourth-order valence-electron chi connectivity index (χ4n) is 0.464. The minimum atomic E-state index is 0.116. The topological polar surface area (TPSA) is 42.9 Å². The van der Waals surface area contributed by atoms with Gasteiger partial charge in [0.15, 0.2) is 5.78 Å². The molecule has 1 heterocycles. The van der Waals surface area contributed by atoms with Crippen LogP contribution in [-0.4, -0.2) is 15.4 Å². The lowest BCUT2D eigenvalue weighted by Crippen LogP contribution is -1.90. The molecule has 3 nitrogen and oxygen atoms in total. The monoisotopic (exact) mass is 142 g/mol. The molecule has 0 atom stereocenters. The van der Waals surface area contributed by atoms with Crippen LogP contribution in [0.1, 0.15) is 23.0 Å². The maximum Gasteiger partial charge on any atom is 0.175 e. The lowest BCUT2D eigenvalue weighted by molar-refractivity contribution is 0.0992. The van der Waals surface area contributed by atoms with E-state index in [2.05, 4.69) is 9.59 Å². The lowest BCUT2D eigenvalue weighted by atomic mass is 10.3. The van der Waals surface area contributed by atoms with Crippen LogP contribution in [0.5, 0.6) is 0 Å². The van der Waals surface area contributed by atoms with Crippen molar-refractivity contribution in [1.82, 2.24) is 9.59 Å². The molecule has 0 N–H and O–H groups in total. The van der Waals surface area contributed by atoms with E-state index >= 15 is 0 Å². The van der Waals surface area contributed by atoms with E-state index in [0.29, 0.717) is 11.3 Å². The predicted octanol–water partition coefficient (Wildman–Crippen LogP) is 1.13. The highest BCUT2D eigenvalue weighted by molar-refractivity contribution is 7.07. The summed E-state index contributed by atoms with van der Waals surface area (Å²) in [5.74, 6) is 0.116. The first-order valence-electron chi connectivity index (χ1n) is 2.65. The molecule has 0 saturated heterocycles. The summed E-state index contributed by atoms with van der Waals surface area (Å²) in [7, 11) is 0. The van der Waals surface area contributed by atoms with Gasteiger partial charge in [-0.1, -0.05) is 11.4 Å². The van der Waals surface area contributed by atoms with E-state index in [1.54, 1.807) is 0 Å². The standard InChI is InChI=1S/C5H6N2OS/c1-2-4(8)5-3-6-7-9-5/h3H,2H2,1H3. The molecule has 0 fully saturated rings. The van der Waals surface area contributed by atoms with Crippen LogP contribution < -0.4 is 0 Å². The minimum absolute atomic E-state index is 0.116. The first-order valence-corrected chi connectivity index (χ1v) is 3.42. The molecule has 4 heteroatoms. The van der Waals surface area contributed by atoms with Crippen molar-refractivity contribution in [3.63, 3.8) is 0 Å². The summed E-state index contributed by atoms with van der Waals surface area (Å²) in [5, 5.41) is 3.54. The van der Waals surface area contributed by atoms with Gasteiger partial charge in [-0.2, -0.15) is 0 Å². The van der Waals surface area contributed by atoms with E-state index < -0.39 is 0 Å². The van der Waals surface area contributed by atoms with Crippen molar-refractivity contribution < 1.29 is 4.79 Å². The van der Waals surface area contributed by atoms with E-state index in [1.165, 1.54) is 6.20 Å². The van der Waals surface area contributed by atoms with Gasteiger partial charge in [0.2, 0.25) is 0 Å². The van der Waals surface area contributed by atoms with Crippen molar-refractivity contribution in [2.75, 3.05) is 0 Å². The summed E-state index contributed by atoms with van der Waals surface area (Å²) in [6, 6.07) is 0. The lowest BCUT2D eigenvalue weighted by Gasteiger charge is -1.83. The number of ketones is 1. The smallest absolute Gasteiger partial charge is 0.175 e. The largest absolute Gasteiger partial charge is 0.293 e. The molecule has 1 aromatic heterocycles. The second kappa shape index (κ2) is 2.68. The molecule has 9 heavy (non-hydrogen) atoms. The highest BCUT2D eigenvalue weighted by Crippen LogP contribution is 2.04. The molecule has 0 amide bonds. The maximum atomic E-state index is 10.8. The molecule has 1 rings (SSSR count). The SMILES string of the molecule is CCC(=O)c1cnns1. The number of Topliss-reactive ketones (excluding diaryl/α,β-unsaturated/α-hetero) is 1. The average molecular weight is 142 g/mol. The molecular formula is C5H6N2OS. The second-order valence-corrected chi connectivity index (χ2v) is 2.34. The van der Waals surface area contributed by atoms with Crippen LogP contribution >= 0.6 is 11.5 Å². The van der Waals surface area contributed by atoms with Gasteiger partial charge < -0.3 is 0 Å². The molecule has 0 aromatic carbocycles. The van der Waals surface area contributed by atoms with Crippen LogP contribution in [0.25, 0.3) is 0 Å². The summed E-state index contributed by atoms with van der Waals surface area (Å²) < 4.78 is 3.56. The van der Waals surface area contributed by atoms with Crippen molar-refractivity contribution >= 4 is 17.3 Å². The summed E-state index contributed by atoms with van der Waals surface area (Å²) in [5.41, 5.74) is 0. The summed E-state index contributed by atoms with van der Waals surface area (Å²) in [4.78, 5) is 11.5. The van der Waals surface area contributed by atoms with Gasteiger partial charge in [-0.3, -0.25) is 4.79 Å². The molecule has 0 aliphatic carbocycles. The second-order valence-electron chi connectivity index (χ2n) is 1.56. The zero-order valence-electron chi connectivity index (χ0n) is 5.00. The predicted molar refractivity (Wildman–Crippen MR) is 34.5 cm³/mol. The van der Waals surface area contributed by atoms with Gasteiger partial charge in [-0.15, -0.1) is 5.10 Å². The Morgan fingerprint density at radius 1 is 1.89 bits per heavy atom. The highest BCUT2D eigenvalue weighted by Gasteiger charge is 2.03. The fourth-order valence-corrected chi connectivity index (χ4v) is 0.987. The van der Waals surface area contributed by atoms with E-state index in [1.807, 2.05) is 6.92 Å². The molecular weight excluding hydrogens is 136 g/mol. The van der Waals surface area contributed by atoms with Crippen LogP contribution in [0, 0.1) is 0 Å². The third-order valence-electron chi connectivity index (χ3n) is 0.957. The molecule has 0 spiro atoms. The van der Waals surface area contributed by atoms with E-state index in [9.17, 15) is 4.79 Å². The molecule has 0 bridgehead atoms. The van der Waals surface area contributed by atoms with Gasteiger partial charge in [0.25, 0.3) is 0 Å². The fraction of sp³-hybridized carbons (Fsp3) is 0.400. The highest BCUT2D eigenvalue weighted by atomic mass is 32.1. The van der Waals surface area contributed by atoms with E-state index in [0.717, 1.165) is 11.5 Å². The Morgan fingerprint density at radius 3 is 3.11 bits per heavy atom. The molecule has 0 aliphatic rings. The van der Waals surface area contributed by atoms with Gasteiger partial charge >= 0.3 is 0 Å². The third kappa shape index (κ3) is 1.32.